The first-order valence-electron chi connectivity index (χ1n) is 8.45. The fourth-order valence-corrected chi connectivity index (χ4v) is 3.74. The number of aromatic nitrogens is 3. The summed E-state index contributed by atoms with van der Waals surface area (Å²) in [5.41, 5.74) is 7.64. The molecule has 136 valence electrons. The lowest BCUT2D eigenvalue weighted by Gasteiger charge is -2.37. The predicted octanol–water partition coefficient (Wildman–Crippen LogP) is 3.54. The fraction of sp³-hybridized carbons (Fsp3) is 0.333. The topological polar surface area (TPSA) is 90.8 Å². The number of aromatic amines is 2. The maximum absolute atomic E-state index is 12.8. The number of nitrogens with two attached hydrogens (primary N) is 1. The molecule has 0 amide bonds. The van der Waals surface area contributed by atoms with Gasteiger partial charge in [0.15, 0.2) is 11.1 Å². The Kier molecular flexibility index (Phi) is 4.22. The Hall–Kier alpha value is -2.02. The third-order valence-electron chi connectivity index (χ3n) is 4.99. The zero-order chi connectivity index (χ0) is 18.5. The average molecular weight is 392 g/mol. The van der Waals surface area contributed by atoms with E-state index in [1.807, 2.05) is 0 Å². The van der Waals surface area contributed by atoms with Crippen LogP contribution in [0.2, 0.25) is 10.0 Å². The Morgan fingerprint density at radius 3 is 2.73 bits per heavy atom. The van der Waals surface area contributed by atoms with Gasteiger partial charge in [0.25, 0.3) is 0 Å². The molecule has 0 unspecified atom stereocenters. The molecule has 4 N–H and O–H groups in total. The number of benzene rings is 1. The van der Waals surface area contributed by atoms with Gasteiger partial charge in [-0.05, 0) is 25.8 Å². The molecule has 3 heterocycles. The van der Waals surface area contributed by atoms with Crippen LogP contribution in [0.1, 0.15) is 19.8 Å². The zero-order valence-electron chi connectivity index (χ0n) is 14.3. The molecule has 6 nitrogen and oxygen atoms in total. The van der Waals surface area contributed by atoms with Crippen LogP contribution in [0.3, 0.4) is 0 Å². The van der Waals surface area contributed by atoms with Crippen molar-refractivity contribution in [3.8, 4) is 11.3 Å². The van der Waals surface area contributed by atoms with Crippen molar-refractivity contribution >= 4 is 40.1 Å². The zero-order valence-corrected chi connectivity index (χ0v) is 15.8. The average Bonchev–Trinajstić information content (AvgIpc) is 3.01. The molecule has 1 aliphatic rings. The third kappa shape index (κ3) is 2.98. The molecule has 3 aromatic rings. The molecule has 2 aromatic heterocycles. The molecule has 1 aromatic carbocycles. The highest BCUT2D eigenvalue weighted by Crippen LogP contribution is 2.35. The highest BCUT2D eigenvalue weighted by Gasteiger charge is 2.27. The van der Waals surface area contributed by atoms with Crippen LogP contribution in [-0.4, -0.2) is 33.8 Å². The highest BCUT2D eigenvalue weighted by atomic mass is 35.5. The van der Waals surface area contributed by atoms with Gasteiger partial charge < -0.3 is 15.6 Å². The molecule has 0 radical (unpaired) electrons. The van der Waals surface area contributed by atoms with Crippen molar-refractivity contribution in [3.05, 3.63) is 44.5 Å². The van der Waals surface area contributed by atoms with Crippen LogP contribution in [-0.2, 0) is 0 Å². The lowest BCUT2D eigenvalue weighted by Crippen LogP contribution is -2.48. The van der Waals surface area contributed by atoms with Gasteiger partial charge in [-0.3, -0.25) is 9.89 Å². The summed E-state index contributed by atoms with van der Waals surface area (Å²) in [5, 5.41) is 8.49. The van der Waals surface area contributed by atoms with Crippen LogP contribution >= 0.6 is 23.2 Å². The van der Waals surface area contributed by atoms with E-state index < -0.39 is 0 Å². The maximum atomic E-state index is 12.8. The summed E-state index contributed by atoms with van der Waals surface area (Å²) in [5.74, 6) is 0.758. The Labute approximate surface area is 160 Å². The molecular formula is C18H19Cl2N5O. The molecule has 8 heteroatoms. The van der Waals surface area contributed by atoms with Gasteiger partial charge in [0.2, 0.25) is 0 Å². The van der Waals surface area contributed by atoms with Crippen LogP contribution in [0.5, 0.6) is 0 Å². The van der Waals surface area contributed by atoms with Crippen molar-refractivity contribution < 1.29 is 0 Å². The van der Waals surface area contributed by atoms with Gasteiger partial charge in [0.05, 0.1) is 21.1 Å². The number of H-pyrrole nitrogens is 2. The van der Waals surface area contributed by atoms with Crippen LogP contribution < -0.4 is 16.1 Å². The van der Waals surface area contributed by atoms with Crippen molar-refractivity contribution in [1.82, 2.24) is 15.2 Å². The summed E-state index contributed by atoms with van der Waals surface area (Å²) >= 11 is 12.4. The third-order valence-corrected chi connectivity index (χ3v) is 5.81. The van der Waals surface area contributed by atoms with Gasteiger partial charge in [-0.1, -0.05) is 35.3 Å². The largest absolute Gasteiger partial charge is 0.358 e. The van der Waals surface area contributed by atoms with E-state index in [0.717, 1.165) is 31.7 Å². The molecule has 1 saturated heterocycles. The maximum Gasteiger partial charge on any atom is 0.195 e. The number of piperidine rings is 1. The van der Waals surface area contributed by atoms with Gasteiger partial charge in [-0.2, -0.15) is 5.10 Å². The molecule has 0 bridgehead atoms. The van der Waals surface area contributed by atoms with Crippen molar-refractivity contribution in [2.75, 3.05) is 18.0 Å². The summed E-state index contributed by atoms with van der Waals surface area (Å²) in [6.07, 6.45) is 1.74. The first-order valence-corrected chi connectivity index (χ1v) is 9.21. The number of nitrogens with zero attached hydrogens (tertiary/aromatic N) is 2. The van der Waals surface area contributed by atoms with Crippen molar-refractivity contribution in [2.24, 2.45) is 5.73 Å². The van der Waals surface area contributed by atoms with E-state index in [2.05, 4.69) is 27.0 Å². The SMILES string of the molecule is CC1(N)CCN(c2cc(=O)c3c(-c4cccc(Cl)c4Cl)[nH]nc3[nH]2)CC1. The summed E-state index contributed by atoms with van der Waals surface area (Å²) in [6.45, 7) is 3.66. The second-order valence-electron chi connectivity index (χ2n) is 7.08. The smallest absolute Gasteiger partial charge is 0.195 e. The lowest BCUT2D eigenvalue weighted by molar-refractivity contribution is 0.363. The normalized spacial score (nSPS) is 17.0. The number of anilines is 1. The van der Waals surface area contributed by atoms with Gasteiger partial charge in [0, 0.05) is 30.3 Å². The van der Waals surface area contributed by atoms with E-state index in [4.69, 9.17) is 28.9 Å². The standard InChI is InChI=1S/C18H19Cl2N5O/c1-18(21)5-7-25(8-6-18)13-9-12(26)14-16(23-24-17(14)22-13)10-3-2-4-11(19)15(10)20/h2-4,9H,5-8,21H2,1H3,(H2,22,23,24,26). The second-order valence-corrected chi connectivity index (χ2v) is 7.87. The van der Waals surface area contributed by atoms with Crippen molar-refractivity contribution in [1.29, 1.82) is 0 Å². The number of fused-ring (bicyclic) bond motifs is 1. The summed E-state index contributed by atoms with van der Waals surface area (Å²) in [7, 11) is 0. The number of nitrogens with one attached hydrogen (secondary N) is 2. The van der Waals surface area contributed by atoms with E-state index in [1.54, 1.807) is 24.3 Å². The molecule has 0 atom stereocenters. The molecule has 1 fully saturated rings. The summed E-state index contributed by atoms with van der Waals surface area (Å²) in [4.78, 5) is 18.2. The van der Waals surface area contributed by atoms with Crippen molar-refractivity contribution in [2.45, 2.75) is 25.3 Å². The number of hydrogen-bond acceptors (Lipinski definition) is 4. The molecule has 4 rings (SSSR count). The monoisotopic (exact) mass is 391 g/mol. The van der Waals surface area contributed by atoms with Gasteiger partial charge in [-0.25, -0.2) is 0 Å². The van der Waals surface area contributed by atoms with Gasteiger partial charge >= 0.3 is 0 Å². The van der Waals surface area contributed by atoms with E-state index in [0.29, 0.717) is 32.3 Å². The summed E-state index contributed by atoms with van der Waals surface area (Å²) in [6, 6.07) is 6.91. The molecule has 0 saturated carbocycles. The highest BCUT2D eigenvalue weighted by molar-refractivity contribution is 6.43. The first-order chi connectivity index (χ1) is 12.4. The predicted molar refractivity (Wildman–Crippen MR) is 106 cm³/mol. The lowest BCUT2D eigenvalue weighted by atomic mass is 9.91. The van der Waals surface area contributed by atoms with E-state index in [1.165, 1.54) is 0 Å². The van der Waals surface area contributed by atoms with E-state index >= 15 is 0 Å². The van der Waals surface area contributed by atoms with Gasteiger partial charge in [-0.15, -0.1) is 0 Å². The number of rotatable bonds is 2. The number of pyridine rings is 1. The minimum atomic E-state index is -0.149. The fourth-order valence-electron chi connectivity index (χ4n) is 3.35. The Bertz CT molecular complexity index is 1030. The van der Waals surface area contributed by atoms with E-state index in [9.17, 15) is 4.79 Å². The van der Waals surface area contributed by atoms with E-state index in [-0.39, 0.29) is 11.0 Å². The first kappa shape index (κ1) is 17.4. The van der Waals surface area contributed by atoms with Crippen LogP contribution in [0.25, 0.3) is 22.3 Å². The summed E-state index contributed by atoms with van der Waals surface area (Å²) < 4.78 is 0. The molecule has 26 heavy (non-hydrogen) atoms. The quantitative estimate of drug-likeness (QED) is 0.622. The van der Waals surface area contributed by atoms with Gasteiger partial charge in [0.1, 0.15) is 5.82 Å². The second kappa shape index (κ2) is 6.30. The Morgan fingerprint density at radius 2 is 2.00 bits per heavy atom. The Balaban J connectivity index is 1.77. The van der Waals surface area contributed by atoms with Crippen LogP contribution in [0.15, 0.2) is 29.1 Å². The molecular weight excluding hydrogens is 373 g/mol. The molecule has 0 aliphatic carbocycles. The van der Waals surface area contributed by atoms with Crippen LogP contribution in [0, 0.1) is 0 Å². The number of hydrogen-bond donors (Lipinski definition) is 3. The molecule has 0 spiro atoms. The minimum absolute atomic E-state index is 0.116. The van der Waals surface area contributed by atoms with Crippen LogP contribution in [0.4, 0.5) is 5.82 Å². The minimum Gasteiger partial charge on any atom is -0.358 e. The Morgan fingerprint density at radius 1 is 1.27 bits per heavy atom. The van der Waals surface area contributed by atoms with Crippen molar-refractivity contribution in [3.63, 3.8) is 0 Å². The number of halogens is 2. The molecule has 1 aliphatic heterocycles.